The summed E-state index contributed by atoms with van der Waals surface area (Å²) in [6.07, 6.45) is 1.18. The maximum absolute atomic E-state index is 14.3. The van der Waals surface area contributed by atoms with Crippen LogP contribution in [0.5, 0.6) is 11.6 Å². The van der Waals surface area contributed by atoms with Gasteiger partial charge in [0.25, 0.3) is 5.91 Å². The van der Waals surface area contributed by atoms with Crippen LogP contribution < -0.4 is 15.5 Å². The molecule has 34 heavy (non-hydrogen) atoms. The Labute approximate surface area is 201 Å². The van der Waals surface area contributed by atoms with E-state index in [1.54, 1.807) is 0 Å². The smallest absolute Gasteiger partial charge is 0.261 e. The summed E-state index contributed by atoms with van der Waals surface area (Å²) >= 11 is 11.8. The molecule has 0 atom stereocenters. The van der Waals surface area contributed by atoms with E-state index in [1.165, 1.54) is 48.2 Å². The van der Waals surface area contributed by atoms with Gasteiger partial charge in [0.15, 0.2) is 5.75 Å². The minimum absolute atomic E-state index is 0.111. The van der Waals surface area contributed by atoms with E-state index in [0.29, 0.717) is 0 Å². The number of amides is 1. The third kappa shape index (κ3) is 4.40. The highest BCUT2D eigenvalue weighted by atomic mass is 35.5. The molecule has 4 aromatic rings. The average molecular weight is 506 g/mol. The van der Waals surface area contributed by atoms with E-state index in [2.05, 4.69) is 10.3 Å². The number of ether oxygens (including phenoxy) is 1. The molecule has 0 fully saturated rings. The molecule has 0 saturated carbocycles. The molecule has 7 nitrogen and oxygen atoms in total. The number of hydrogen-bond donors (Lipinski definition) is 2. The number of carbonyl (C=O) groups is 1. The van der Waals surface area contributed by atoms with Gasteiger partial charge in [-0.25, -0.2) is 13.8 Å². The van der Waals surface area contributed by atoms with Crippen LogP contribution in [0.15, 0.2) is 53.5 Å². The second-order valence-electron chi connectivity index (χ2n) is 7.16. The van der Waals surface area contributed by atoms with Crippen molar-refractivity contribution >= 4 is 45.8 Å². The highest BCUT2D eigenvalue weighted by Gasteiger charge is 2.20. The molecule has 2 N–H and O–H groups in total. The fraction of sp³-hybridized carbons (Fsp3) is 0.0870. The molecule has 0 spiro atoms. The van der Waals surface area contributed by atoms with Crippen LogP contribution in [-0.4, -0.2) is 27.7 Å². The molecular weight excluding hydrogens is 491 g/mol. The number of halogens is 4. The van der Waals surface area contributed by atoms with Crippen molar-refractivity contribution in [1.82, 2.24) is 9.55 Å². The predicted molar refractivity (Wildman–Crippen MR) is 124 cm³/mol. The minimum Gasteiger partial charge on any atom is -0.505 e. The quantitative estimate of drug-likeness (QED) is 0.372. The van der Waals surface area contributed by atoms with Crippen molar-refractivity contribution in [1.29, 1.82) is 0 Å². The van der Waals surface area contributed by atoms with Crippen LogP contribution in [0.2, 0.25) is 10.0 Å². The lowest BCUT2D eigenvalue weighted by Gasteiger charge is -2.15. The first-order valence-electron chi connectivity index (χ1n) is 9.70. The molecule has 0 aliphatic rings. The number of hydrogen-bond acceptors (Lipinski definition) is 5. The lowest BCUT2D eigenvalue weighted by molar-refractivity contribution is 0.102. The van der Waals surface area contributed by atoms with Gasteiger partial charge in [0.2, 0.25) is 11.3 Å². The molecule has 2 aromatic heterocycles. The van der Waals surface area contributed by atoms with Gasteiger partial charge in [-0.15, -0.1) is 0 Å². The monoisotopic (exact) mass is 505 g/mol. The van der Waals surface area contributed by atoms with Crippen LogP contribution in [0.4, 0.5) is 14.5 Å². The Morgan fingerprint density at radius 2 is 1.79 bits per heavy atom. The standard InChI is InChI=1S/C23H15Cl2F2N3O4/c1-34-19-6-5-18-20(29-19)21(31)13(10-30(18)9-12-16(26)3-2-4-17(12)27)23(33)28-11-7-14(24)22(32)15(25)8-11/h2-8,10,32H,9H2,1H3,(H,28,33). The summed E-state index contributed by atoms with van der Waals surface area (Å²) in [5.41, 5.74) is -1.13. The molecule has 2 heterocycles. The Balaban J connectivity index is 1.85. The number of phenolic OH excluding ortho intramolecular Hbond substituents is 1. The topological polar surface area (TPSA) is 93.4 Å². The number of benzene rings is 2. The van der Waals surface area contributed by atoms with Crippen molar-refractivity contribution in [3.8, 4) is 11.6 Å². The van der Waals surface area contributed by atoms with Crippen LogP contribution in [0.25, 0.3) is 11.0 Å². The third-order valence-corrected chi connectivity index (χ3v) is 5.60. The van der Waals surface area contributed by atoms with Gasteiger partial charge < -0.3 is 19.7 Å². The van der Waals surface area contributed by atoms with Crippen LogP contribution in [0.3, 0.4) is 0 Å². The van der Waals surface area contributed by atoms with Crippen LogP contribution >= 0.6 is 23.2 Å². The lowest BCUT2D eigenvalue weighted by atomic mass is 10.1. The molecular formula is C23H15Cl2F2N3O4. The number of carbonyl (C=O) groups excluding carboxylic acids is 1. The van der Waals surface area contributed by atoms with E-state index in [0.717, 1.165) is 12.1 Å². The van der Waals surface area contributed by atoms with Crippen molar-refractivity contribution in [3.05, 3.63) is 91.7 Å². The summed E-state index contributed by atoms with van der Waals surface area (Å²) in [5.74, 6) is -2.67. The van der Waals surface area contributed by atoms with Gasteiger partial charge >= 0.3 is 0 Å². The second kappa shape index (κ2) is 9.28. The number of methoxy groups -OCH3 is 1. The maximum atomic E-state index is 14.3. The van der Waals surface area contributed by atoms with Gasteiger partial charge in [0.05, 0.1) is 29.2 Å². The fourth-order valence-corrected chi connectivity index (χ4v) is 3.83. The molecule has 0 saturated heterocycles. The SMILES string of the molecule is COc1ccc2c(n1)c(=O)c(C(=O)Nc1cc(Cl)c(O)c(Cl)c1)cn2Cc1c(F)cccc1F. The molecule has 0 aliphatic carbocycles. The van der Waals surface area contributed by atoms with Crippen molar-refractivity contribution in [2.24, 2.45) is 0 Å². The number of nitrogens with one attached hydrogen (secondary N) is 1. The number of pyridine rings is 2. The Bertz CT molecular complexity index is 1460. The van der Waals surface area contributed by atoms with E-state index < -0.39 is 23.0 Å². The van der Waals surface area contributed by atoms with Crippen molar-refractivity contribution < 1.29 is 23.4 Å². The van der Waals surface area contributed by atoms with Crippen LogP contribution in [0, 0.1) is 11.6 Å². The first-order chi connectivity index (χ1) is 16.2. The van der Waals surface area contributed by atoms with E-state index in [-0.39, 0.29) is 56.1 Å². The first-order valence-corrected chi connectivity index (χ1v) is 10.5. The summed E-state index contributed by atoms with van der Waals surface area (Å²) in [5, 5.41) is 12.0. The zero-order chi connectivity index (χ0) is 24.6. The Kier molecular flexibility index (Phi) is 6.41. The number of rotatable bonds is 5. The van der Waals surface area contributed by atoms with Crippen LogP contribution in [-0.2, 0) is 6.54 Å². The molecule has 2 aromatic carbocycles. The summed E-state index contributed by atoms with van der Waals surface area (Å²) in [7, 11) is 1.36. The number of fused-ring (bicyclic) bond motifs is 1. The number of anilines is 1. The number of phenols is 1. The molecule has 0 radical (unpaired) electrons. The zero-order valence-electron chi connectivity index (χ0n) is 17.4. The molecule has 11 heteroatoms. The van der Waals surface area contributed by atoms with Gasteiger partial charge in [-0.2, -0.15) is 0 Å². The van der Waals surface area contributed by atoms with Gasteiger partial charge in [0, 0.05) is 23.5 Å². The van der Waals surface area contributed by atoms with Crippen molar-refractivity contribution in [2.75, 3.05) is 12.4 Å². The van der Waals surface area contributed by atoms with Crippen molar-refractivity contribution in [3.63, 3.8) is 0 Å². The Morgan fingerprint density at radius 3 is 2.41 bits per heavy atom. The first kappa shape index (κ1) is 23.5. The van der Waals surface area contributed by atoms with Gasteiger partial charge in [0.1, 0.15) is 22.7 Å². The molecule has 174 valence electrons. The van der Waals surface area contributed by atoms with Gasteiger partial charge in [-0.3, -0.25) is 9.59 Å². The normalized spacial score (nSPS) is 11.0. The molecule has 0 aliphatic heterocycles. The number of nitrogens with zero attached hydrogens (tertiary/aromatic N) is 2. The predicted octanol–water partition coefficient (Wildman–Crippen LogP) is 5.00. The summed E-state index contributed by atoms with van der Waals surface area (Å²) < 4.78 is 35.0. The van der Waals surface area contributed by atoms with Gasteiger partial charge in [-0.1, -0.05) is 29.3 Å². The number of aromatic hydroxyl groups is 1. The van der Waals surface area contributed by atoms with E-state index in [9.17, 15) is 23.5 Å². The zero-order valence-corrected chi connectivity index (χ0v) is 18.9. The van der Waals surface area contributed by atoms with Crippen molar-refractivity contribution in [2.45, 2.75) is 6.54 Å². The number of aromatic nitrogens is 2. The summed E-state index contributed by atoms with van der Waals surface area (Å²) in [6.45, 7) is -0.319. The Morgan fingerprint density at radius 1 is 1.15 bits per heavy atom. The maximum Gasteiger partial charge on any atom is 0.261 e. The van der Waals surface area contributed by atoms with E-state index >= 15 is 0 Å². The highest BCUT2D eigenvalue weighted by Crippen LogP contribution is 2.34. The largest absolute Gasteiger partial charge is 0.505 e. The van der Waals surface area contributed by atoms with Gasteiger partial charge in [-0.05, 0) is 30.3 Å². The van der Waals surface area contributed by atoms with E-state index in [1.807, 2.05) is 0 Å². The highest BCUT2D eigenvalue weighted by molar-refractivity contribution is 6.37. The lowest BCUT2D eigenvalue weighted by Crippen LogP contribution is -2.25. The third-order valence-electron chi connectivity index (χ3n) is 5.02. The molecule has 4 rings (SSSR count). The minimum atomic E-state index is -0.850. The summed E-state index contributed by atoms with van der Waals surface area (Å²) in [6, 6.07) is 8.93. The van der Waals surface area contributed by atoms with E-state index in [4.69, 9.17) is 27.9 Å². The fourth-order valence-electron chi connectivity index (χ4n) is 3.34. The Hall–Kier alpha value is -3.69. The molecule has 1 amide bonds. The van der Waals surface area contributed by atoms with Crippen LogP contribution in [0.1, 0.15) is 15.9 Å². The molecule has 0 bridgehead atoms. The molecule has 0 unspecified atom stereocenters. The average Bonchev–Trinajstić information content (AvgIpc) is 2.80. The second-order valence-corrected chi connectivity index (χ2v) is 7.98. The summed E-state index contributed by atoms with van der Waals surface area (Å²) in [4.78, 5) is 30.3.